The second-order valence-corrected chi connectivity index (χ2v) is 6.36. The summed E-state index contributed by atoms with van der Waals surface area (Å²) in [5.74, 6) is -0.661. The Morgan fingerprint density at radius 3 is 2.68 bits per heavy atom. The van der Waals surface area contributed by atoms with E-state index in [0.29, 0.717) is 0 Å². The van der Waals surface area contributed by atoms with Crippen LogP contribution < -0.4 is 5.43 Å². The highest BCUT2D eigenvalue weighted by molar-refractivity contribution is 5.95. The van der Waals surface area contributed by atoms with Gasteiger partial charge in [-0.05, 0) is 56.7 Å². The number of hydrazone groups is 1. The third-order valence-electron chi connectivity index (χ3n) is 4.31. The van der Waals surface area contributed by atoms with Crippen molar-refractivity contribution in [2.24, 2.45) is 5.10 Å². The number of hydrogen-bond acceptors (Lipinski definition) is 4. The average Bonchev–Trinajstić information content (AvgIpc) is 2.96. The Balaban J connectivity index is 1.78. The molecule has 0 radical (unpaired) electrons. The van der Waals surface area contributed by atoms with E-state index in [2.05, 4.69) is 15.5 Å². The lowest BCUT2D eigenvalue weighted by Gasteiger charge is -2.08. The third kappa shape index (κ3) is 3.81. The summed E-state index contributed by atoms with van der Waals surface area (Å²) in [6.07, 6.45) is 3.31. The first kappa shape index (κ1) is 19.0. The third-order valence-corrected chi connectivity index (χ3v) is 4.31. The molecule has 0 fully saturated rings. The quantitative estimate of drug-likeness (QED) is 0.559. The summed E-state index contributed by atoms with van der Waals surface area (Å²) in [4.78, 5) is 16.5. The van der Waals surface area contributed by atoms with Gasteiger partial charge in [0.2, 0.25) is 0 Å². The van der Waals surface area contributed by atoms with Crippen LogP contribution in [0.3, 0.4) is 0 Å². The maximum absolute atomic E-state index is 13.9. The van der Waals surface area contributed by atoms with Crippen LogP contribution in [0.2, 0.25) is 0 Å². The molecule has 1 N–H and O–H groups in total. The molecule has 7 heteroatoms. The van der Waals surface area contributed by atoms with Crippen molar-refractivity contribution >= 4 is 12.1 Å². The first-order valence-electron chi connectivity index (χ1n) is 8.55. The van der Waals surface area contributed by atoms with Crippen molar-refractivity contribution in [2.45, 2.75) is 20.8 Å². The molecule has 1 aromatic carbocycles. The molecule has 0 aliphatic rings. The minimum Gasteiger partial charge on any atom is -0.303 e. The van der Waals surface area contributed by atoms with Gasteiger partial charge in [0.1, 0.15) is 11.6 Å². The Morgan fingerprint density at radius 2 is 2.04 bits per heavy atom. The van der Waals surface area contributed by atoms with Gasteiger partial charge in [0, 0.05) is 23.1 Å². The van der Waals surface area contributed by atoms with E-state index in [1.54, 1.807) is 6.20 Å². The summed E-state index contributed by atoms with van der Waals surface area (Å²) in [6, 6.07) is 11.3. The standard InChI is InChI=1S/C21H18FN5O/c1-13-4-7-20(24-11-13)27-14(2)8-17(15(27)3)12-25-26-21(28)18-6-5-16(10-23)9-19(18)22/h4-9,11-12H,1-3H3,(H,26,28). The molecule has 0 bridgehead atoms. The maximum Gasteiger partial charge on any atom is 0.274 e. The number of nitrogens with zero attached hydrogens (tertiary/aromatic N) is 4. The highest BCUT2D eigenvalue weighted by Crippen LogP contribution is 2.18. The smallest absolute Gasteiger partial charge is 0.274 e. The van der Waals surface area contributed by atoms with E-state index in [1.165, 1.54) is 18.3 Å². The predicted octanol–water partition coefficient (Wildman–Crippen LogP) is 3.57. The predicted molar refractivity (Wildman–Crippen MR) is 104 cm³/mol. The molecule has 140 valence electrons. The van der Waals surface area contributed by atoms with Crippen LogP contribution in [0.5, 0.6) is 0 Å². The molecule has 3 aromatic rings. The normalized spacial score (nSPS) is 10.8. The fourth-order valence-electron chi connectivity index (χ4n) is 2.85. The van der Waals surface area contributed by atoms with Crippen LogP contribution in [-0.4, -0.2) is 21.7 Å². The summed E-state index contributed by atoms with van der Waals surface area (Å²) in [7, 11) is 0. The first-order chi connectivity index (χ1) is 13.4. The fraction of sp³-hybridized carbons (Fsp3) is 0.143. The van der Waals surface area contributed by atoms with E-state index in [4.69, 9.17) is 5.26 Å². The number of pyridine rings is 1. The second kappa shape index (κ2) is 7.84. The molecule has 6 nitrogen and oxygen atoms in total. The van der Waals surface area contributed by atoms with Gasteiger partial charge in [0.05, 0.1) is 23.4 Å². The number of nitriles is 1. The van der Waals surface area contributed by atoms with Crippen molar-refractivity contribution in [2.75, 3.05) is 0 Å². The molecule has 3 rings (SSSR count). The minimum atomic E-state index is -0.768. The molecule has 0 saturated heterocycles. The van der Waals surface area contributed by atoms with Crippen LogP contribution in [0.15, 0.2) is 47.7 Å². The van der Waals surface area contributed by atoms with Crippen molar-refractivity contribution in [3.05, 3.63) is 82.1 Å². The van der Waals surface area contributed by atoms with Gasteiger partial charge >= 0.3 is 0 Å². The van der Waals surface area contributed by atoms with Crippen LogP contribution in [0.25, 0.3) is 5.82 Å². The molecule has 2 aromatic heterocycles. The largest absolute Gasteiger partial charge is 0.303 e. The lowest BCUT2D eigenvalue weighted by atomic mass is 10.1. The molecule has 0 atom stereocenters. The van der Waals surface area contributed by atoms with E-state index in [-0.39, 0.29) is 11.1 Å². The summed E-state index contributed by atoms with van der Waals surface area (Å²) in [6.45, 7) is 5.86. The van der Waals surface area contributed by atoms with Gasteiger partial charge in [-0.25, -0.2) is 14.8 Å². The molecule has 0 aliphatic carbocycles. The zero-order chi connectivity index (χ0) is 20.3. The molecule has 0 saturated carbocycles. The number of carbonyl (C=O) groups is 1. The number of rotatable bonds is 4. The van der Waals surface area contributed by atoms with Gasteiger partial charge in [-0.1, -0.05) is 6.07 Å². The lowest BCUT2D eigenvalue weighted by molar-refractivity contribution is 0.0951. The maximum atomic E-state index is 13.9. The molecule has 0 spiro atoms. The van der Waals surface area contributed by atoms with Crippen molar-refractivity contribution < 1.29 is 9.18 Å². The summed E-state index contributed by atoms with van der Waals surface area (Å²) in [5.41, 5.74) is 6.05. The number of aryl methyl sites for hydroxylation is 2. The summed E-state index contributed by atoms with van der Waals surface area (Å²) < 4.78 is 15.9. The van der Waals surface area contributed by atoms with E-state index in [1.807, 2.05) is 49.6 Å². The molecular formula is C21H18FN5O. The van der Waals surface area contributed by atoms with Crippen molar-refractivity contribution in [1.82, 2.24) is 15.0 Å². The topological polar surface area (TPSA) is 83.1 Å². The van der Waals surface area contributed by atoms with Crippen molar-refractivity contribution in [1.29, 1.82) is 5.26 Å². The minimum absolute atomic E-state index is 0.148. The van der Waals surface area contributed by atoms with E-state index in [9.17, 15) is 9.18 Å². The fourth-order valence-corrected chi connectivity index (χ4v) is 2.85. The molecule has 2 heterocycles. The second-order valence-electron chi connectivity index (χ2n) is 6.36. The number of benzene rings is 1. The Labute approximate surface area is 162 Å². The molecule has 0 aliphatic heterocycles. The van der Waals surface area contributed by atoms with Gasteiger partial charge < -0.3 is 4.57 Å². The summed E-state index contributed by atoms with van der Waals surface area (Å²) in [5, 5.41) is 12.7. The number of hydrogen-bond donors (Lipinski definition) is 1. The lowest BCUT2D eigenvalue weighted by Crippen LogP contribution is -2.19. The Kier molecular flexibility index (Phi) is 5.32. The Morgan fingerprint density at radius 1 is 1.25 bits per heavy atom. The van der Waals surface area contributed by atoms with Gasteiger partial charge in [-0.3, -0.25) is 4.79 Å². The Hall–Kier alpha value is -3.79. The van der Waals surface area contributed by atoms with Gasteiger partial charge in [0.15, 0.2) is 0 Å². The van der Waals surface area contributed by atoms with Crippen LogP contribution >= 0.6 is 0 Å². The zero-order valence-electron chi connectivity index (χ0n) is 15.7. The molecule has 0 unspecified atom stereocenters. The van der Waals surface area contributed by atoms with Crippen molar-refractivity contribution in [3.63, 3.8) is 0 Å². The number of nitrogens with one attached hydrogen (secondary N) is 1. The number of halogens is 1. The van der Waals surface area contributed by atoms with E-state index >= 15 is 0 Å². The van der Waals surface area contributed by atoms with E-state index in [0.717, 1.165) is 34.4 Å². The molecule has 1 amide bonds. The van der Waals surface area contributed by atoms with Crippen LogP contribution in [-0.2, 0) is 0 Å². The Bertz CT molecular complexity index is 1110. The van der Waals surface area contributed by atoms with E-state index < -0.39 is 11.7 Å². The van der Waals surface area contributed by atoms with Gasteiger partial charge in [-0.2, -0.15) is 10.4 Å². The average molecular weight is 375 g/mol. The van der Waals surface area contributed by atoms with Crippen LogP contribution in [0.1, 0.15) is 38.4 Å². The SMILES string of the molecule is Cc1ccc(-n2c(C)cc(C=NNC(=O)c3ccc(C#N)cc3F)c2C)nc1. The highest BCUT2D eigenvalue weighted by atomic mass is 19.1. The van der Waals surface area contributed by atoms with Gasteiger partial charge in [-0.15, -0.1) is 0 Å². The van der Waals surface area contributed by atoms with Crippen LogP contribution in [0, 0.1) is 37.9 Å². The summed E-state index contributed by atoms with van der Waals surface area (Å²) >= 11 is 0. The van der Waals surface area contributed by atoms with Crippen LogP contribution in [0.4, 0.5) is 4.39 Å². The number of carbonyl (C=O) groups excluding carboxylic acids is 1. The monoisotopic (exact) mass is 375 g/mol. The zero-order valence-corrected chi connectivity index (χ0v) is 15.7. The van der Waals surface area contributed by atoms with Crippen molar-refractivity contribution in [3.8, 4) is 11.9 Å². The first-order valence-corrected chi connectivity index (χ1v) is 8.55. The molecule has 28 heavy (non-hydrogen) atoms. The van der Waals surface area contributed by atoms with Gasteiger partial charge in [0.25, 0.3) is 5.91 Å². The number of aromatic nitrogens is 2. The number of amides is 1. The molecular weight excluding hydrogens is 357 g/mol. The highest BCUT2D eigenvalue weighted by Gasteiger charge is 2.13.